The predicted octanol–water partition coefficient (Wildman–Crippen LogP) is -0.272. The lowest BCUT2D eigenvalue weighted by Gasteiger charge is -2.31. The molecule has 0 aromatic carbocycles. The maximum Gasteiger partial charge on any atom is 0.411 e. The van der Waals surface area contributed by atoms with E-state index in [0.29, 0.717) is 13.1 Å². The van der Waals surface area contributed by atoms with Crippen LogP contribution in [0.4, 0.5) is 4.79 Å². The van der Waals surface area contributed by atoms with E-state index in [4.69, 9.17) is 9.47 Å². The lowest BCUT2D eigenvalue weighted by molar-refractivity contribution is -0.149. The molecule has 7 heteroatoms. The van der Waals surface area contributed by atoms with Crippen LogP contribution < -0.4 is 5.32 Å². The number of fused-ring (bicyclic) bond motifs is 1. The van der Waals surface area contributed by atoms with Gasteiger partial charge in [-0.3, -0.25) is 4.90 Å². The Morgan fingerprint density at radius 1 is 1.30 bits per heavy atom. The van der Waals surface area contributed by atoms with Gasteiger partial charge in [0, 0.05) is 19.0 Å². The van der Waals surface area contributed by atoms with Gasteiger partial charge in [0.15, 0.2) is 6.04 Å². The van der Waals surface area contributed by atoms with E-state index in [9.17, 15) is 14.7 Å². The van der Waals surface area contributed by atoms with Crippen molar-refractivity contribution in [3.05, 3.63) is 0 Å². The molecule has 114 valence electrons. The number of nitrogens with one attached hydrogen (secondary N) is 1. The number of aliphatic hydroxyl groups is 1. The SMILES string of the molecule is COC(=O)[C@H]1[C@H](O)[C@H]2CNC[C@H]2N1C(=O)OC(C)(C)C. The molecule has 4 atom stereocenters. The van der Waals surface area contributed by atoms with Gasteiger partial charge >= 0.3 is 12.1 Å². The first-order chi connectivity index (χ1) is 9.26. The van der Waals surface area contributed by atoms with E-state index < -0.39 is 29.8 Å². The number of likely N-dealkylation sites (tertiary alicyclic amines) is 1. The topological polar surface area (TPSA) is 88.1 Å². The molecule has 0 aliphatic carbocycles. The molecule has 2 aliphatic rings. The molecule has 2 aliphatic heterocycles. The number of methoxy groups -OCH3 is 1. The molecule has 0 aromatic rings. The Labute approximate surface area is 118 Å². The fraction of sp³-hybridized carbons (Fsp3) is 0.846. The van der Waals surface area contributed by atoms with Crippen LogP contribution in [-0.4, -0.2) is 66.1 Å². The van der Waals surface area contributed by atoms with E-state index in [1.54, 1.807) is 20.8 Å². The summed E-state index contributed by atoms with van der Waals surface area (Å²) in [7, 11) is 1.24. The molecule has 0 bridgehead atoms. The molecule has 0 aromatic heterocycles. The Kier molecular flexibility index (Phi) is 3.93. The Morgan fingerprint density at radius 3 is 2.50 bits per heavy atom. The van der Waals surface area contributed by atoms with Crippen LogP contribution in [0.2, 0.25) is 0 Å². The molecule has 2 heterocycles. The number of ether oxygens (including phenoxy) is 2. The second-order valence-corrected chi connectivity index (χ2v) is 6.24. The number of aliphatic hydroxyl groups excluding tert-OH is 1. The van der Waals surface area contributed by atoms with Crippen LogP contribution in [0.1, 0.15) is 20.8 Å². The molecular formula is C13H22N2O5. The van der Waals surface area contributed by atoms with Gasteiger partial charge in [0.2, 0.25) is 0 Å². The van der Waals surface area contributed by atoms with Crippen molar-refractivity contribution in [1.82, 2.24) is 10.2 Å². The molecule has 2 rings (SSSR count). The van der Waals surface area contributed by atoms with E-state index >= 15 is 0 Å². The molecular weight excluding hydrogens is 264 g/mol. The normalized spacial score (nSPS) is 33.0. The number of carbonyl (C=O) groups is 2. The molecule has 2 saturated heterocycles. The van der Waals surface area contributed by atoms with Crippen LogP contribution in [0, 0.1) is 5.92 Å². The second-order valence-electron chi connectivity index (χ2n) is 6.24. The summed E-state index contributed by atoms with van der Waals surface area (Å²) in [5.41, 5.74) is -0.660. The third-order valence-electron chi connectivity index (χ3n) is 3.69. The van der Waals surface area contributed by atoms with Crippen molar-refractivity contribution in [3.8, 4) is 0 Å². The number of amides is 1. The highest BCUT2D eigenvalue weighted by Crippen LogP contribution is 2.34. The van der Waals surface area contributed by atoms with Crippen molar-refractivity contribution in [3.63, 3.8) is 0 Å². The highest BCUT2D eigenvalue weighted by atomic mass is 16.6. The second kappa shape index (κ2) is 5.21. The molecule has 0 unspecified atom stereocenters. The Balaban J connectivity index is 2.25. The Bertz CT molecular complexity index is 406. The number of nitrogens with zero attached hydrogens (tertiary/aromatic N) is 1. The van der Waals surface area contributed by atoms with Crippen molar-refractivity contribution in [2.24, 2.45) is 5.92 Å². The minimum atomic E-state index is -0.994. The third-order valence-corrected chi connectivity index (χ3v) is 3.69. The summed E-state index contributed by atoms with van der Waals surface area (Å²) < 4.78 is 10.1. The monoisotopic (exact) mass is 286 g/mol. The standard InChI is InChI=1S/C13H22N2O5/c1-13(2,3)20-12(18)15-8-6-14-5-7(8)10(16)9(15)11(17)19-4/h7-10,14,16H,5-6H2,1-4H3/t7-,8+,9+,10+/m0/s1. The summed E-state index contributed by atoms with van der Waals surface area (Å²) in [6.07, 6.45) is -1.53. The van der Waals surface area contributed by atoms with Crippen molar-refractivity contribution in [2.45, 2.75) is 44.6 Å². The molecule has 1 amide bonds. The number of hydrogen-bond acceptors (Lipinski definition) is 6. The zero-order chi connectivity index (χ0) is 15.1. The van der Waals surface area contributed by atoms with Gasteiger partial charge in [-0.05, 0) is 20.8 Å². The minimum absolute atomic E-state index is 0.174. The van der Waals surface area contributed by atoms with Gasteiger partial charge in [0.05, 0.1) is 19.3 Å². The molecule has 2 fully saturated rings. The Morgan fingerprint density at radius 2 is 1.95 bits per heavy atom. The van der Waals surface area contributed by atoms with Crippen LogP contribution in [0.25, 0.3) is 0 Å². The van der Waals surface area contributed by atoms with Gasteiger partial charge in [-0.25, -0.2) is 9.59 Å². The zero-order valence-corrected chi connectivity index (χ0v) is 12.3. The van der Waals surface area contributed by atoms with Crippen molar-refractivity contribution in [2.75, 3.05) is 20.2 Å². The largest absolute Gasteiger partial charge is 0.467 e. The summed E-state index contributed by atoms with van der Waals surface area (Å²) in [6.45, 7) is 6.38. The van der Waals surface area contributed by atoms with Crippen LogP contribution in [0.5, 0.6) is 0 Å². The number of esters is 1. The zero-order valence-electron chi connectivity index (χ0n) is 12.3. The maximum atomic E-state index is 12.3. The van der Waals surface area contributed by atoms with Gasteiger partial charge in [0.1, 0.15) is 5.60 Å². The first kappa shape index (κ1) is 15.1. The van der Waals surface area contributed by atoms with E-state index in [-0.39, 0.29) is 12.0 Å². The summed E-state index contributed by atoms with van der Waals surface area (Å²) in [5.74, 6) is -0.788. The van der Waals surface area contributed by atoms with Crippen molar-refractivity contribution >= 4 is 12.1 Å². The van der Waals surface area contributed by atoms with E-state index in [1.807, 2.05) is 0 Å². The van der Waals surface area contributed by atoms with Crippen molar-refractivity contribution < 1.29 is 24.2 Å². The number of carbonyl (C=O) groups excluding carboxylic acids is 2. The smallest absolute Gasteiger partial charge is 0.411 e. The summed E-state index contributed by atoms with van der Waals surface area (Å²) >= 11 is 0. The van der Waals surface area contributed by atoms with Crippen LogP contribution in [0.3, 0.4) is 0 Å². The van der Waals surface area contributed by atoms with E-state index in [0.717, 1.165) is 0 Å². The highest BCUT2D eigenvalue weighted by molar-refractivity contribution is 5.83. The summed E-state index contributed by atoms with van der Waals surface area (Å²) in [6, 6.07) is -1.24. The summed E-state index contributed by atoms with van der Waals surface area (Å²) in [5, 5.41) is 13.4. The van der Waals surface area contributed by atoms with Gasteiger partial charge in [-0.1, -0.05) is 0 Å². The fourth-order valence-electron chi connectivity index (χ4n) is 2.88. The number of hydrogen-bond donors (Lipinski definition) is 2. The Hall–Kier alpha value is -1.34. The quantitative estimate of drug-likeness (QED) is 0.645. The average Bonchev–Trinajstić information content (AvgIpc) is 2.88. The van der Waals surface area contributed by atoms with Gasteiger partial charge in [-0.15, -0.1) is 0 Å². The van der Waals surface area contributed by atoms with Gasteiger partial charge < -0.3 is 19.9 Å². The fourth-order valence-corrected chi connectivity index (χ4v) is 2.88. The minimum Gasteiger partial charge on any atom is -0.467 e. The first-order valence-electron chi connectivity index (χ1n) is 6.74. The molecule has 0 saturated carbocycles. The molecule has 0 spiro atoms. The van der Waals surface area contributed by atoms with E-state index in [1.165, 1.54) is 12.0 Å². The maximum absolute atomic E-state index is 12.3. The highest BCUT2D eigenvalue weighted by Gasteiger charge is 2.56. The van der Waals surface area contributed by atoms with Gasteiger partial charge in [-0.2, -0.15) is 0 Å². The van der Waals surface area contributed by atoms with Crippen LogP contribution >= 0.6 is 0 Å². The molecule has 0 radical (unpaired) electrons. The lowest BCUT2D eigenvalue weighted by Crippen LogP contribution is -2.51. The lowest BCUT2D eigenvalue weighted by atomic mass is 9.99. The molecule has 7 nitrogen and oxygen atoms in total. The predicted molar refractivity (Wildman–Crippen MR) is 70.0 cm³/mol. The molecule has 20 heavy (non-hydrogen) atoms. The average molecular weight is 286 g/mol. The van der Waals surface area contributed by atoms with E-state index in [2.05, 4.69) is 5.32 Å². The van der Waals surface area contributed by atoms with Crippen molar-refractivity contribution in [1.29, 1.82) is 0 Å². The summed E-state index contributed by atoms with van der Waals surface area (Å²) in [4.78, 5) is 25.5. The number of rotatable bonds is 1. The first-order valence-corrected chi connectivity index (χ1v) is 6.74. The third kappa shape index (κ3) is 2.60. The van der Waals surface area contributed by atoms with Gasteiger partial charge in [0.25, 0.3) is 0 Å². The molecule has 2 N–H and O–H groups in total. The van der Waals surface area contributed by atoms with Crippen LogP contribution in [0.15, 0.2) is 0 Å². The van der Waals surface area contributed by atoms with Crippen LogP contribution in [-0.2, 0) is 14.3 Å².